The van der Waals surface area contributed by atoms with E-state index in [0.29, 0.717) is 18.9 Å². The van der Waals surface area contributed by atoms with Crippen molar-refractivity contribution in [1.82, 2.24) is 4.31 Å². The number of ether oxygens (including phenoxy) is 1. The average molecular weight is 376 g/mol. The summed E-state index contributed by atoms with van der Waals surface area (Å²) in [6.07, 6.45) is 1.51. The van der Waals surface area contributed by atoms with E-state index in [1.807, 2.05) is 11.9 Å². The van der Waals surface area contributed by atoms with Crippen molar-refractivity contribution in [3.05, 3.63) is 53.8 Å². The highest BCUT2D eigenvalue weighted by Crippen LogP contribution is 2.39. The molecule has 0 radical (unpaired) electrons. The topological polar surface area (TPSA) is 49.9 Å². The molecule has 1 fully saturated rings. The molecule has 4 rings (SSSR count). The number of rotatable bonds is 3. The van der Waals surface area contributed by atoms with E-state index in [1.165, 1.54) is 16.4 Å². The van der Waals surface area contributed by atoms with Crippen molar-refractivity contribution in [2.45, 2.75) is 23.8 Å². The fraction of sp³-hybridized carbons (Fsp3) is 0.368. The highest BCUT2D eigenvalue weighted by atomic mass is 32.2. The van der Waals surface area contributed by atoms with Gasteiger partial charge in [-0.15, -0.1) is 0 Å². The summed E-state index contributed by atoms with van der Waals surface area (Å²) < 4.78 is 46.9. The van der Waals surface area contributed by atoms with Crippen LogP contribution in [0.1, 0.15) is 24.4 Å². The van der Waals surface area contributed by atoms with Gasteiger partial charge >= 0.3 is 0 Å². The second-order valence-electron chi connectivity index (χ2n) is 6.72. The zero-order valence-corrected chi connectivity index (χ0v) is 15.4. The van der Waals surface area contributed by atoms with E-state index in [2.05, 4.69) is 0 Å². The van der Waals surface area contributed by atoms with Gasteiger partial charge < -0.3 is 9.64 Å². The second-order valence-corrected chi connectivity index (χ2v) is 8.62. The Labute approximate surface area is 153 Å². The third-order valence-corrected chi connectivity index (χ3v) is 7.00. The molecule has 26 heavy (non-hydrogen) atoms. The van der Waals surface area contributed by atoms with Crippen LogP contribution in [-0.2, 0) is 10.0 Å². The van der Waals surface area contributed by atoms with E-state index < -0.39 is 10.0 Å². The van der Waals surface area contributed by atoms with Crippen molar-refractivity contribution in [3.8, 4) is 5.75 Å². The summed E-state index contributed by atoms with van der Waals surface area (Å²) in [5, 5.41) is 0. The molecule has 2 aromatic rings. The van der Waals surface area contributed by atoms with Gasteiger partial charge in [-0.2, -0.15) is 4.31 Å². The van der Waals surface area contributed by atoms with Crippen LogP contribution in [-0.4, -0.2) is 39.5 Å². The summed E-state index contributed by atoms with van der Waals surface area (Å²) in [5.41, 5.74) is 1.72. The largest absolute Gasteiger partial charge is 0.490 e. The van der Waals surface area contributed by atoms with E-state index in [0.717, 1.165) is 30.6 Å². The number of hydrogen-bond donors (Lipinski definition) is 0. The van der Waals surface area contributed by atoms with Crippen LogP contribution < -0.4 is 9.64 Å². The van der Waals surface area contributed by atoms with Gasteiger partial charge in [0, 0.05) is 19.7 Å². The summed E-state index contributed by atoms with van der Waals surface area (Å²) in [6.45, 7) is 1.77. The Morgan fingerprint density at radius 2 is 1.88 bits per heavy atom. The van der Waals surface area contributed by atoms with Gasteiger partial charge in [0.2, 0.25) is 10.0 Å². The molecule has 0 N–H and O–H groups in total. The first kappa shape index (κ1) is 17.3. The van der Waals surface area contributed by atoms with Gasteiger partial charge in [-0.1, -0.05) is 12.1 Å². The Bertz CT molecular complexity index is 915. The van der Waals surface area contributed by atoms with Gasteiger partial charge in [0.1, 0.15) is 18.2 Å². The molecule has 0 aliphatic carbocycles. The summed E-state index contributed by atoms with van der Waals surface area (Å²) in [4.78, 5) is 2.28. The highest BCUT2D eigenvalue weighted by molar-refractivity contribution is 7.89. The lowest BCUT2D eigenvalue weighted by molar-refractivity contribution is 0.310. The molecule has 2 heterocycles. The fourth-order valence-corrected chi connectivity index (χ4v) is 5.38. The van der Waals surface area contributed by atoms with Gasteiger partial charge in [0.05, 0.1) is 23.2 Å². The monoisotopic (exact) mass is 376 g/mol. The maximum absolute atomic E-state index is 13.2. The van der Waals surface area contributed by atoms with Crippen LogP contribution >= 0.6 is 0 Å². The molecule has 1 saturated heterocycles. The summed E-state index contributed by atoms with van der Waals surface area (Å²) in [6, 6.07) is 10.9. The van der Waals surface area contributed by atoms with Gasteiger partial charge in [-0.3, -0.25) is 0 Å². The number of fused-ring (bicyclic) bond motifs is 1. The molecule has 1 unspecified atom stereocenters. The van der Waals surface area contributed by atoms with Gasteiger partial charge in [-0.25, -0.2) is 12.8 Å². The Morgan fingerprint density at radius 3 is 2.65 bits per heavy atom. The zero-order chi connectivity index (χ0) is 18.3. The first-order chi connectivity index (χ1) is 12.5. The molecular formula is C19H21FN2O3S. The predicted molar refractivity (Wildman–Crippen MR) is 97.5 cm³/mol. The minimum absolute atomic E-state index is 0.237. The molecule has 7 heteroatoms. The average Bonchev–Trinajstić information content (AvgIpc) is 3.13. The van der Waals surface area contributed by atoms with Crippen LogP contribution in [0.5, 0.6) is 5.75 Å². The van der Waals surface area contributed by atoms with E-state index in [1.54, 1.807) is 30.3 Å². The number of anilines is 1. The quantitative estimate of drug-likeness (QED) is 0.826. The van der Waals surface area contributed by atoms with Crippen LogP contribution in [0.2, 0.25) is 0 Å². The van der Waals surface area contributed by atoms with Crippen LogP contribution in [0, 0.1) is 5.82 Å². The number of nitrogens with zero attached hydrogens (tertiary/aromatic N) is 2. The molecule has 0 amide bonds. The van der Waals surface area contributed by atoms with Crippen molar-refractivity contribution in [1.29, 1.82) is 0 Å². The lowest BCUT2D eigenvalue weighted by Crippen LogP contribution is -2.32. The van der Waals surface area contributed by atoms with E-state index in [-0.39, 0.29) is 16.8 Å². The smallest absolute Gasteiger partial charge is 0.243 e. The van der Waals surface area contributed by atoms with Crippen LogP contribution in [0.15, 0.2) is 47.4 Å². The Balaban J connectivity index is 1.68. The molecule has 1 atom stereocenters. The predicted octanol–water partition coefficient (Wildman–Crippen LogP) is 3.18. The van der Waals surface area contributed by atoms with Gasteiger partial charge in [0.25, 0.3) is 0 Å². The molecule has 0 bridgehead atoms. The van der Waals surface area contributed by atoms with Crippen LogP contribution in [0.3, 0.4) is 0 Å². The normalized spacial score (nSPS) is 20.7. The molecule has 5 nitrogen and oxygen atoms in total. The van der Waals surface area contributed by atoms with E-state index in [9.17, 15) is 12.8 Å². The standard InChI is InChI=1S/C19H21FN2O3S/c1-21-11-12-25-19-13-16(8-9-18(19)21)26(23,24)22-10-2-3-17(22)14-4-6-15(20)7-5-14/h4-9,13,17H,2-3,10-12H2,1H3. The van der Waals surface area contributed by atoms with Crippen molar-refractivity contribution < 1.29 is 17.5 Å². The SMILES string of the molecule is CN1CCOc2cc(S(=O)(=O)N3CCCC3c3ccc(F)cc3)ccc21. The number of halogens is 1. The summed E-state index contributed by atoms with van der Waals surface area (Å²) >= 11 is 0. The maximum Gasteiger partial charge on any atom is 0.243 e. The Hall–Kier alpha value is -2.12. The molecule has 2 aromatic carbocycles. The molecule has 0 spiro atoms. The lowest BCUT2D eigenvalue weighted by atomic mass is 10.1. The number of likely N-dealkylation sites (N-methyl/N-ethyl adjacent to an activating group) is 1. The number of hydrogen-bond acceptors (Lipinski definition) is 4. The Morgan fingerprint density at radius 1 is 1.12 bits per heavy atom. The van der Waals surface area contributed by atoms with Crippen LogP contribution in [0.25, 0.3) is 0 Å². The molecular weight excluding hydrogens is 355 g/mol. The zero-order valence-electron chi connectivity index (χ0n) is 14.6. The first-order valence-corrected chi connectivity index (χ1v) is 10.2. The minimum Gasteiger partial charge on any atom is -0.490 e. The van der Waals surface area contributed by atoms with E-state index >= 15 is 0 Å². The van der Waals surface area contributed by atoms with E-state index in [4.69, 9.17) is 4.74 Å². The first-order valence-electron chi connectivity index (χ1n) is 8.72. The lowest BCUT2D eigenvalue weighted by Gasteiger charge is -2.29. The molecule has 138 valence electrons. The van der Waals surface area contributed by atoms with Crippen molar-refractivity contribution in [2.75, 3.05) is 31.6 Å². The van der Waals surface area contributed by atoms with Gasteiger partial charge in [0.15, 0.2) is 0 Å². The maximum atomic E-state index is 13.2. The third kappa shape index (κ3) is 2.95. The number of sulfonamides is 1. The molecule has 0 saturated carbocycles. The van der Waals surface area contributed by atoms with Crippen molar-refractivity contribution in [3.63, 3.8) is 0 Å². The number of benzene rings is 2. The second kappa shape index (κ2) is 6.55. The molecule has 2 aliphatic rings. The molecule has 0 aromatic heterocycles. The third-order valence-electron chi connectivity index (χ3n) is 5.09. The summed E-state index contributed by atoms with van der Waals surface area (Å²) in [7, 11) is -1.70. The minimum atomic E-state index is -3.66. The molecule has 2 aliphatic heterocycles. The fourth-order valence-electron chi connectivity index (χ4n) is 3.68. The van der Waals surface area contributed by atoms with Crippen molar-refractivity contribution in [2.24, 2.45) is 0 Å². The Kier molecular flexibility index (Phi) is 4.36. The van der Waals surface area contributed by atoms with Crippen molar-refractivity contribution >= 4 is 15.7 Å². The summed E-state index contributed by atoms with van der Waals surface area (Å²) in [5.74, 6) is 0.273. The van der Waals surface area contributed by atoms with Crippen LogP contribution in [0.4, 0.5) is 10.1 Å². The van der Waals surface area contributed by atoms with Gasteiger partial charge in [-0.05, 0) is 42.7 Å². The highest BCUT2D eigenvalue weighted by Gasteiger charge is 2.36.